The van der Waals surface area contributed by atoms with E-state index in [4.69, 9.17) is 14.2 Å². The number of carbonyl (C=O) groups excluding carboxylic acids is 3. The Balaban J connectivity index is 4.30. The topological polar surface area (TPSA) is 78.9 Å². The molecule has 75 heavy (non-hydrogen) atoms. The molecule has 6 nitrogen and oxygen atoms in total. The van der Waals surface area contributed by atoms with Crippen LogP contribution >= 0.6 is 0 Å². The van der Waals surface area contributed by atoms with E-state index < -0.39 is 6.10 Å². The monoisotopic (exact) mass is 1050 g/mol. The smallest absolute Gasteiger partial charge is 0.306 e. The average Bonchev–Trinajstić information content (AvgIpc) is 3.41. The highest BCUT2D eigenvalue weighted by Gasteiger charge is 2.19. The fraction of sp³-hybridized carbons (Fsp3) is 0.899. The first-order chi connectivity index (χ1) is 37.0. The minimum absolute atomic E-state index is 0.0672. The van der Waals surface area contributed by atoms with Crippen molar-refractivity contribution in [2.75, 3.05) is 13.2 Å². The van der Waals surface area contributed by atoms with Gasteiger partial charge in [0.2, 0.25) is 0 Å². The second kappa shape index (κ2) is 64.4. The van der Waals surface area contributed by atoms with E-state index in [-0.39, 0.29) is 31.1 Å². The van der Waals surface area contributed by atoms with Crippen LogP contribution in [0.15, 0.2) is 24.3 Å². The van der Waals surface area contributed by atoms with Crippen molar-refractivity contribution in [3.05, 3.63) is 24.3 Å². The van der Waals surface area contributed by atoms with Gasteiger partial charge in [-0.25, -0.2) is 0 Å². The fourth-order valence-corrected chi connectivity index (χ4v) is 10.3. The van der Waals surface area contributed by atoms with Gasteiger partial charge >= 0.3 is 17.9 Å². The molecule has 0 aliphatic rings. The summed E-state index contributed by atoms with van der Waals surface area (Å²) < 4.78 is 17.0. The molecule has 1 atom stereocenters. The first kappa shape index (κ1) is 72.9. The van der Waals surface area contributed by atoms with Crippen molar-refractivity contribution < 1.29 is 28.6 Å². The Morgan fingerprint density at radius 2 is 0.440 bits per heavy atom. The Hall–Kier alpha value is -2.11. The Labute approximate surface area is 468 Å². The van der Waals surface area contributed by atoms with E-state index in [0.29, 0.717) is 19.3 Å². The first-order valence-corrected chi connectivity index (χ1v) is 33.8. The van der Waals surface area contributed by atoms with E-state index in [1.807, 2.05) is 0 Å². The third-order valence-corrected chi connectivity index (χ3v) is 15.4. The maximum Gasteiger partial charge on any atom is 0.306 e. The minimum Gasteiger partial charge on any atom is -0.462 e. The second-order valence-electron chi connectivity index (χ2n) is 23.1. The molecule has 0 bridgehead atoms. The van der Waals surface area contributed by atoms with E-state index in [0.717, 1.165) is 57.8 Å². The summed E-state index contributed by atoms with van der Waals surface area (Å²) in [5.74, 6) is -0.842. The normalized spacial score (nSPS) is 12.1. The third-order valence-electron chi connectivity index (χ3n) is 15.4. The molecule has 0 aliphatic carbocycles. The van der Waals surface area contributed by atoms with Crippen LogP contribution in [0, 0.1) is 0 Å². The number of ether oxygens (including phenoxy) is 3. The Morgan fingerprint density at radius 3 is 0.667 bits per heavy atom. The number of hydrogen-bond donors (Lipinski definition) is 0. The number of hydrogen-bond acceptors (Lipinski definition) is 6. The van der Waals surface area contributed by atoms with Crippen LogP contribution in [0.1, 0.15) is 380 Å². The number of carbonyl (C=O) groups is 3. The van der Waals surface area contributed by atoms with Crippen LogP contribution in [0.4, 0.5) is 0 Å². The Kier molecular flexibility index (Phi) is 62.6. The van der Waals surface area contributed by atoms with E-state index >= 15 is 0 Å². The molecule has 6 heteroatoms. The van der Waals surface area contributed by atoms with Gasteiger partial charge in [0.25, 0.3) is 0 Å². The summed E-state index contributed by atoms with van der Waals surface area (Å²) in [6.45, 7) is 6.71. The zero-order valence-corrected chi connectivity index (χ0v) is 50.8. The predicted molar refractivity (Wildman–Crippen MR) is 326 cm³/mol. The van der Waals surface area contributed by atoms with Crippen LogP contribution in [0.3, 0.4) is 0 Å². The molecule has 0 amide bonds. The molecule has 0 fully saturated rings. The van der Waals surface area contributed by atoms with Gasteiger partial charge in [0, 0.05) is 19.3 Å². The summed E-state index contributed by atoms with van der Waals surface area (Å²) in [5.41, 5.74) is 0. The van der Waals surface area contributed by atoms with E-state index in [9.17, 15) is 14.4 Å². The Bertz CT molecular complexity index is 1210. The number of unbranched alkanes of at least 4 members (excludes halogenated alkanes) is 48. The predicted octanol–water partition coefficient (Wildman–Crippen LogP) is 23.0. The summed E-state index contributed by atoms with van der Waals surface area (Å²) in [6.07, 6.45) is 77.6. The Morgan fingerprint density at radius 1 is 0.253 bits per heavy atom. The van der Waals surface area contributed by atoms with Crippen molar-refractivity contribution >= 4 is 17.9 Å². The quantitative estimate of drug-likeness (QED) is 0.0261. The van der Waals surface area contributed by atoms with Crippen molar-refractivity contribution in [2.24, 2.45) is 0 Å². The molecule has 0 aromatic heterocycles. The summed E-state index contributed by atoms with van der Waals surface area (Å²) in [5, 5.41) is 0. The summed E-state index contributed by atoms with van der Waals surface area (Å²) in [6, 6.07) is 0. The molecular formula is C69H130O6. The van der Waals surface area contributed by atoms with Gasteiger partial charge in [0.15, 0.2) is 6.10 Å². The van der Waals surface area contributed by atoms with Crippen molar-refractivity contribution in [3.63, 3.8) is 0 Å². The molecule has 0 saturated heterocycles. The van der Waals surface area contributed by atoms with Crippen molar-refractivity contribution in [1.29, 1.82) is 0 Å². The zero-order chi connectivity index (χ0) is 54.3. The van der Waals surface area contributed by atoms with Crippen LogP contribution in [0.25, 0.3) is 0 Å². The highest BCUT2D eigenvalue weighted by molar-refractivity contribution is 5.71. The van der Waals surface area contributed by atoms with Gasteiger partial charge in [-0.05, 0) is 70.6 Å². The van der Waals surface area contributed by atoms with Gasteiger partial charge in [-0.15, -0.1) is 0 Å². The van der Waals surface area contributed by atoms with E-state index in [1.165, 1.54) is 283 Å². The highest BCUT2D eigenvalue weighted by atomic mass is 16.6. The van der Waals surface area contributed by atoms with Crippen LogP contribution in [0.2, 0.25) is 0 Å². The third kappa shape index (κ3) is 62.6. The van der Waals surface area contributed by atoms with Gasteiger partial charge in [-0.1, -0.05) is 315 Å². The van der Waals surface area contributed by atoms with Gasteiger partial charge < -0.3 is 14.2 Å². The van der Waals surface area contributed by atoms with Gasteiger partial charge in [-0.2, -0.15) is 0 Å². The first-order valence-electron chi connectivity index (χ1n) is 33.8. The lowest BCUT2D eigenvalue weighted by Gasteiger charge is -2.18. The molecule has 1 unspecified atom stereocenters. The van der Waals surface area contributed by atoms with Crippen molar-refractivity contribution in [1.82, 2.24) is 0 Å². The lowest BCUT2D eigenvalue weighted by molar-refractivity contribution is -0.167. The van der Waals surface area contributed by atoms with Gasteiger partial charge in [-0.3, -0.25) is 14.4 Å². The molecule has 0 saturated carbocycles. The molecule has 0 aromatic rings. The minimum atomic E-state index is -0.771. The maximum atomic E-state index is 12.9. The summed E-state index contributed by atoms with van der Waals surface area (Å²) in [7, 11) is 0. The molecule has 0 aromatic carbocycles. The average molecular weight is 1060 g/mol. The van der Waals surface area contributed by atoms with E-state index in [1.54, 1.807) is 0 Å². The van der Waals surface area contributed by atoms with Crippen LogP contribution in [-0.2, 0) is 28.6 Å². The number of esters is 3. The second-order valence-corrected chi connectivity index (χ2v) is 23.1. The lowest BCUT2D eigenvalue weighted by atomic mass is 10.0. The van der Waals surface area contributed by atoms with Gasteiger partial charge in [0.1, 0.15) is 13.2 Å². The number of rotatable bonds is 63. The standard InChI is InChI=1S/C69H130O6/c1-4-7-10-13-16-19-22-25-28-30-32-34-36-38-41-44-47-50-53-56-59-62-68(71)74-65-66(64-73-67(70)61-58-55-52-49-46-43-40-27-24-21-18-15-12-9-6-3)75-69(72)63-60-57-54-51-48-45-42-39-37-35-33-31-29-26-23-20-17-14-11-8-5-2/h30-33,66H,4-29,34-65H2,1-3H3/b32-30-,33-31-. The SMILES string of the molecule is CCCCCCCCCC/C=C\CCCCCCCCCCCC(=O)OCC(COC(=O)CCCCCCCCCCCCCCCCC)OC(=O)CCCCCCCCCCC/C=C\CCCCCCCCCC. The van der Waals surface area contributed by atoms with Gasteiger partial charge in [0.05, 0.1) is 0 Å². The van der Waals surface area contributed by atoms with Crippen molar-refractivity contribution in [2.45, 2.75) is 386 Å². The fourth-order valence-electron chi connectivity index (χ4n) is 10.3. The maximum absolute atomic E-state index is 12.9. The largest absolute Gasteiger partial charge is 0.462 e. The molecule has 442 valence electrons. The molecule has 0 N–H and O–H groups in total. The van der Waals surface area contributed by atoms with Crippen LogP contribution < -0.4 is 0 Å². The molecule has 0 heterocycles. The number of allylic oxidation sites excluding steroid dienone is 4. The van der Waals surface area contributed by atoms with Crippen LogP contribution in [-0.4, -0.2) is 37.2 Å². The zero-order valence-electron chi connectivity index (χ0n) is 50.8. The van der Waals surface area contributed by atoms with Crippen molar-refractivity contribution in [3.8, 4) is 0 Å². The molecule has 0 aliphatic heterocycles. The molecule has 0 rings (SSSR count). The highest BCUT2D eigenvalue weighted by Crippen LogP contribution is 2.18. The molecular weight excluding hydrogens is 925 g/mol. The molecule has 0 radical (unpaired) electrons. The van der Waals surface area contributed by atoms with Crippen LogP contribution in [0.5, 0.6) is 0 Å². The molecule has 0 spiro atoms. The summed E-state index contributed by atoms with van der Waals surface area (Å²) >= 11 is 0. The lowest BCUT2D eigenvalue weighted by Crippen LogP contribution is -2.30. The van der Waals surface area contributed by atoms with E-state index in [2.05, 4.69) is 45.1 Å². The summed E-state index contributed by atoms with van der Waals surface area (Å²) in [4.78, 5) is 38.4.